The molecule has 0 bridgehead atoms. The van der Waals surface area contributed by atoms with E-state index in [0.717, 1.165) is 31.6 Å². The molecule has 4 atom stereocenters. The van der Waals surface area contributed by atoms with Gasteiger partial charge < -0.3 is 15.4 Å². The molecule has 4 aliphatic rings. The number of piperidine rings is 1. The van der Waals surface area contributed by atoms with Crippen LogP contribution in [0.25, 0.3) is 0 Å². The van der Waals surface area contributed by atoms with E-state index < -0.39 is 0 Å². The number of hydrogen-bond acceptors (Lipinski definition) is 2. The van der Waals surface area contributed by atoms with Gasteiger partial charge in [0.1, 0.15) is 0 Å². The van der Waals surface area contributed by atoms with Crippen LogP contribution in [0, 0.1) is 17.3 Å². The molecule has 2 saturated heterocycles. The van der Waals surface area contributed by atoms with Crippen molar-refractivity contribution in [3.05, 3.63) is 0 Å². The molecular weight excluding hydrogens is 262 g/mol. The molecule has 21 heavy (non-hydrogen) atoms. The lowest BCUT2D eigenvalue weighted by Gasteiger charge is -2.55. The van der Waals surface area contributed by atoms with Gasteiger partial charge in [-0.25, -0.2) is 4.99 Å². The van der Waals surface area contributed by atoms with Gasteiger partial charge in [-0.2, -0.15) is 0 Å². The minimum absolute atomic E-state index is 0.340. The van der Waals surface area contributed by atoms with Gasteiger partial charge in [-0.1, -0.05) is 19.8 Å². The Morgan fingerprint density at radius 3 is 2.81 bits per heavy atom. The van der Waals surface area contributed by atoms with Gasteiger partial charge in [-0.3, -0.25) is 0 Å². The smallest absolute Gasteiger partial charge is 0.191 e. The molecule has 0 amide bonds. The summed E-state index contributed by atoms with van der Waals surface area (Å²) in [5.74, 6) is 2.20. The normalized spacial score (nSPS) is 42.1. The van der Waals surface area contributed by atoms with Crippen molar-refractivity contribution < 1.29 is 4.74 Å². The lowest BCUT2D eigenvalue weighted by molar-refractivity contribution is -0.117. The molecule has 4 nitrogen and oxygen atoms in total. The lowest BCUT2D eigenvalue weighted by Crippen LogP contribution is -2.61. The molecule has 2 aliphatic heterocycles. The maximum absolute atomic E-state index is 6.39. The maximum Gasteiger partial charge on any atom is 0.191 e. The number of ether oxygens (including phenoxy) is 1. The zero-order valence-electron chi connectivity index (χ0n) is 13.3. The van der Waals surface area contributed by atoms with Gasteiger partial charge in [0.15, 0.2) is 5.96 Å². The third-order valence-electron chi connectivity index (χ3n) is 6.49. The minimum atomic E-state index is 0.340. The molecule has 4 heteroatoms. The number of aliphatic imine (C=N–C) groups is 1. The molecule has 4 unspecified atom stereocenters. The number of fused-ring (bicyclic) bond motifs is 2. The number of hydrogen-bond donors (Lipinski definition) is 1. The second kappa shape index (κ2) is 5.15. The van der Waals surface area contributed by atoms with E-state index in [9.17, 15) is 0 Å². The highest BCUT2D eigenvalue weighted by Gasteiger charge is 2.65. The number of rotatable bonds is 1. The van der Waals surface area contributed by atoms with E-state index in [1.54, 1.807) is 0 Å². The Bertz CT molecular complexity index is 430. The van der Waals surface area contributed by atoms with E-state index in [2.05, 4.69) is 11.8 Å². The quantitative estimate of drug-likeness (QED) is 0.596. The van der Waals surface area contributed by atoms with Crippen molar-refractivity contribution in [3.8, 4) is 0 Å². The first-order chi connectivity index (χ1) is 10.2. The third-order valence-corrected chi connectivity index (χ3v) is 6.49. The van der Waals surface area contributed by atoms with Crippen molar-refractivity contribution in [2.24, 2.45) is 28.0 Å². The molecule has 2 heterocycles. The second-order valence-corrected chi connectivity index (χ2v) is 7.81. The van der Waals surface area contributed by atoms with Crippen LogP contribution in [0.4, 0.5) is 0 Å². The van der Waals surface area contributed by atoms with Crippen LogP contribution in [-0.4, -0.2) is 42.7 Å². The Morgan fingerprint density at radius 2 is 2.05 bits per heavy atom. The molecule has 2 saturated carbocycles. The Labute approximate surface area is 128 Å². The first kappa shape index (κ1) is 13.9. The van der Waals surface area contributed by atoms with Crippen molar-refractivity contribution in [2.75, 3.05) is 19.7 Å². The molecule has 4 rings (SSSR count). The summed E-state index contributed by atoms with van der Waals surface area (Å²) in [6, 6.07) is 0.435. The van der Waals surface area contributed by atoms with E-state index in [4.69, 9.17) is 15.5 Å². The molecule has 118 valence electrons. The van der Waals surface area contributed by atoms with E-state index in [1.807, 2.05) is 0 Å². The molecule has 0 aromatic rings. The topological polar surface area (TPSA) is 50.8 Å². The predicted molar refractivity (Wildman–Crippen MR) is 84.1 cm³/mol. The fourth-order valence-corrected chi connectivity index (χ4v) is 5.46. The van der Waals surface area contributed by atoms with Gasteiger partial charge in [0, 0.05) is 31.0 Å². The summed E-state index contributed by atoms with van der Waals surface area (Å²) in [4.78, 5) is 7.38. The number of likely N-dealkylation sites (tertiary alicyclic amines) is 1. The molecule has 2 aliphatic carbocycles. The highest BCUT2D eigenvalue weighted by Crippen LogP contribution is 2.62. The van der Waals surface area contributed by atoms with Crippen molar-refractivity contribution >= 4 is 5.96 Å². The standard InChI is InChI=1S/C17H29N3O/c1-12-5-4-9-20(11-12)16(18)19-14-13-6-10-21-15(13)17(14)7-2-3-8-17/h12-15H,2-11H2,1H3,(H2,18,19). The van der Waals surface area contributed by atoms with Crippen LogP contribution >= 0.6 is 0 Å². The Kier molecular flexibility index (Phi) is 3.40. The fourth-order valence-electron chi connectivity index (χ4n) is 5.46. The molecule has 2 N–H and O–H groups in total. The Hall–Kier alpha value is -0.770. The monoisotopic (exact) mass is 291 g/mol. The van der Waals surface area contributed by atoms with Crippen molar-refractivity contribution in [1.29, 1.82) is 0 Å². The van der Waals surface area contributed by atoms with E-state index in [0.29, 0.717) is 23.5 Å². The molecule has 0 radical (unpaired) electrons. The second-order valence-electron chi connectivity index (χ2n) is 7.81. The Balaban J connectivity index is 1.53. The largest absolute Gasteiger partial charge is 0.377 e. The zero-order chi connectivity index (χ0) is 14.4. The fraction of sp³-hybridized carbons (Fsp3) is 0.941. The van der Waals surface area contributed by atoms with Gasteiger partial charge in [0.25, 0.3) is 0 Å². The minimum Gasteiger partial charge on any atom is -0.377 e. The molecule has 0 aromatic heterocycles. The van der Waals surface area contributed by atoms with Gasteiger partial charge in [0.05, 0.1) is 12.1 Å². The molecule has 4 fully saturated rings. The summed E-state index contributed by atoms with van der Waals surface area (Å²) in [5.41, 5.74) is 6.73. The van der Waals surface area contributed by atoms with Crippen molar-refractivity contribution in [3.63, 3.8) is 0 Å². The first-order valence-electron chi connectivity index (χ1n) is 8.90. The third kappa shape index (κ3) is 2.09. The average Bonchev–Trinajstić information content (AvgIpc) is 3.12. The average molecular weight is 291 g/mol. The highest BCUT2D eigenvalue weighted by atomic mass is 16.5. The predicted octanol–water partition coefficient (Wildman–Crippen LogP) is 2.38. The van der Waals surface area contributed by atoms with Gasteiger partial charge in [-0.15, -0.1) is 0 Å². The zero-order valence-corrected chi connectivity index (χ0v) is 13.3. The van der Waals surface area contributed by atoms with Gasteiger partial charge in [-0.05, 0) is 38.0 Å². The molecular formula is C17H29N3O. The van der Waals surface area contributed by atoms with Crippen molar-refractivity contribution in [1.82, 2.24) is 4.90 Å². The number of nitrogens with two attached hydrogens (primary N) is 1. The summed E-state index contributed by atoms with van der Waals surface area (Å²) in [7, 11) is 0. The summed E-state index contributed by atoms with van der Waals surface area (Å²) in [5, 5.41) is 0. The van der Waals surface area contributed by atoms with Crippen LogP contribution in [0.1, 0.15) is 51.9 Å². The summed E-state index contributed by atoms with van der Waals surface area (Å²) < 4.78 is 6.04. The highest BCUT2D eigenvalue weighted by molar-refractivity contribution is 5.78. The van der Waals surface area contributed by atoms with E-state index in [1.165, 1.54) is 44.9 Å². The summed E-state index contributed by atoms with van der Waals surface area (Å²) >= 11 is 0. The van der Waals surface area contributed by atoms with Gasteiger partial charge >= 0.3 is 0 Å². The van der Waals surface area contributed by atoms with Crippen molar-refractivity contribution in [2.45, 2.75) is 64.0 Å². The number of guanidine groups is 1. The molecule has 1 spiro atoms. The van der Waals surface area contributed by atoms with Crippen LogP contribution in [0.3, 0.4) is 0 Å². The summed E-state index contributed by atoms with van der Waals surface area (Å²) in [6.45, 7) is 5.43. The van der Waals surface area contributed by atoms with Crippen LogP contribution in [-0.2, 0) is 4.74 Å². The SMILES string of the molecule is CC1CCCN(C(N)=NC2C3CCOC3C23CCCC3)C1. The molecule has 0 aromatic carbocycles. The van der Waals surface area contributed by atoms with E-state index in [-0.39, 0.29) is 0 Å². The Morgan fingerprint density at radius 1 is 1.24 bits per heavy atom. The lowest BCUT2D eigenvalue weighted by atomic mass is 9.54. The van der Waals surface area contributed by atoms with E-state index >= 15 is 0 Å². The number of nitrogens with zero attached hydrogens (tertiary/aromatic N) is 2. The van der Waals surface area contributed by atoms with Crippen LogP contribution in [0.2, 0.25) is 0 Å². The van der Waals surface area contributed by atoms with Gasteiger partial charge in [0.2, 0.25) is 0 Å². The van der Waals surface area contributed by atoms with Crippen LogP contribution in [0.5, 0.6) is 0 Å². The maximum atomic E-state index is 6.39. The van der Waals surface area contributed by atoms with Crippen LogP contribution < -0.4 is 5.73 Å². The van der Waals surface area contributed by atoms with Crippen LogP contribution in [0.15, 0.2) is 4.99 Å². The summed E-state index contributed by atoms with van der Waals surface area (Å²) in [6.07, 6.45) is 9.54. The first-order valence-corrected chi connectivity index (χ1v) is 8.90.